The lowest BCUT2D eigenvalue weighted by Crippen LogP contribution is -2.27. The van der Waals surface area contributed by atoms with Gasteiger partial charge in [-0.2, -0.15) is 4.98 Å². The van der Waals surface area contributed by atoms with E-state index in [9.17, 15) is 13.2 Å². The molecule has 0 amide bonds. The molecule has 11 heteroatoms. The summed E-state index contributed by atoms with van der Waals surface area (Å²) in [6.07, 6.45) is -3.21. The van der Waals surface area contributed by atoms with Crippen molar-refractivity contribution in [2.75, 3.05) is 18.7 Å². The lowest BCUT2D eigenvalue weighted by Gasteiger charge is -2.24. The first-order valence-electron chi connectivity index (χ1n) is 8.81. The molecular weight excluding hydrogens is 425 g/mol. The zero-order chi connectivity index (χ0) is 21.3. The zero-order valence-electron chi connectivity index (χ0n) is 15.7. The number of fused-ring (bicyclic) bond motifs is 1. The minimum atomic E-state index is -4.80. The van der Waals surface area contributed by atoms with Crippen LogP contribution in [0.2, 0.25) is 5.02 Å². The monoisotopic (exact) mass is 440 g/mol. The first-order valence-corrected chi connectivity index (χ1v) is 9.19. The highest BCUT2D eigenvalue weighted by Crippen LogP contribution is 2.34. The Bertz CT molecular complexity index is 1060. The van der Waals surface area contributed by atoms with Gasteiger partial charge in [-0.1, -0.05) is 17.7 Å². The number of rotatable bonds is 5. The molecule has 0 bridgehead atoms. The molecule has 158 valence electrons. The summed E-state index contributed by atoms with van der Waals surface area (Å²) in [4.78, 5) is 10.6. The van der Waals surface area contributed by atoms with Crippen LogP contribution in [0.4, 0.5) is 19.0 Å². The largest absolute Gasteiger partial charge is 0.573 e. The Morgan fingerprint density at radius 1 is 1.20 bits per heavy atom. The molecule has 7 nitrogen and oxygen atoms in total. The molecule has 0 radical (unpaired) electrons. The van der Waals surface area contributed by atoms with Gasteiger partial charge in [0.2, 0.25) is 0 Å². The van der Waals surface area contributed by atoms with Crippen molar-refractivity contribution < 1.29 is 27.4 Å². The maximum atomic E-state index is 12.5. The standard InChI is InChI=1S/C19H16ClF3N4O3/c1-26-11-28-10-16-17(26)25-18(27(16)9-13-7-12(20)5-6-24-13)29-14-3-2-4-15(8-14)30-19(21,22)23/h2-8H,9-11H2,1H3. The highest BCUT2D eigenvalue weighted by molar-refractivity contribution is 6.30. The molecule has 0 fully saturated rings. The van der Waals surface area contributed by atoms with Crippen molar-refractivity contribution in [3.8, 4) is 17.5 Å². The number of aromatic nitrogens is 3. The van der Waals surface area contributed by atoms with E-state index in [1.54, 1.807) is 27.8 Å². The van der Waals surface area contributed by atoms with Gasteiger partial charge in [0.25, 0.3) is 0 Å². The van der Waals surface area contributed by atoms with Crippen LogP contribution in [0.5, 0.6) is 17.5 Å². The molecule has 0 saturated heterocycles. The van der Waals surface area contributed by atoms with Crippen LogP contribution in [0.15, 0.2) is 42.6 Å². The predicted molar refractivity (Wildman–Crippen MR) is 102 cm³/mol. The third-order valence-electron chi connectivity index (χ3n) is 4.25. The molecule has 0 aliphatic carbocycles. The molecule has 3 aromatic rings. The fourth-order valence-electron chi connectivity index (χ4n) is 3.02. The number of nitrogens with zero attached hydrogens (tertiary/aromatic N) is 4. The number of pyridine rings is 1. The molecule has 0 unspecified atom stereocenters. The van der Waals surface area contributed by atoms with E-state index >= 15 is 0 Å². The van der Waals surface area contributed by atoms with Crippen molar-refractivity contribution >= 4 is 17.4 Å². The topological polar surface area (TPSA) is 61.6 Å². The molecule has 1 aliphatic heterocycles. The lowest BCUT2D eigenvalue weighted by atomic mass is 10.3. The van der Waals surface area contributed by atoms with Gasteiger partial charge in [-0.05, 0) is 24.3 Å². The number of hydrogen-bond donors (Lipinski definition) is 0. The number of anilines is 1. The van der Waals surface area contributed by atoms with Gasteiger partial charge in [0, 0.05) is 24.3 Å². The maximum Gasteiger partial charge on any atom is 0.573 e. The van der Waals surface area contributed by atoms with Crippen LogP contribution < -0.4 is 14.4 Å². The van der Waals surface area contributed by atoms with Crippen molar-refractivity contribution in [1.29, 1.82) is 0 Å². The molecule has 1 aromatic carbocycles. The van der Waals surface area contributed by atoms with Crippen molar-refractivity contribution in [3.63, 3.8) is 0 Å². The molecule has 0 saturated carbocycles. The summed E-state index contributed by atoms with van der Waals surface area (Å²) in [6.45, 7) is 0.940. The number of imidazole rings is 1. The summed E-state index contributed by atoms with van der Waals surface area (Å²) in [6, 6.07) is 8.80. The van der Waals surface area contributed by atoms with Gasteiger partial charge < -0.3 is 19.1 Å². The smallest absolute Gasteiger partial charge is 0.425 e. The SMILES string of the molecule is CN1COCc2c1nc(Oc1cccc(OC(F)(F)F)c1)n2Cc1cc(Cl)ccn1. The number of hydrogen-bond acceptors (Lipinski definition) is 6. The average Bonchev–Trinajstić information content (AvgIpc) is 2.99. The number of alkyl halides is 3. The second kappa shape index (κ2) is 8.04. The van der Waals surface area contributed by atoms with Crippen LogP contribution in [0.1, 0.15) is 11.4 Å². The van der Waals surface area contributed by atoms with Crippen molar-refractivity contribution in [2.24, 2.45) is 0 Å². The molecular formula is C19H16ClF3N4O3. The van der Waals surface area contributed by atoms with Gasteiger partial charge in [-0.3, -0.25) is 9.55 Å². The van der Waals surface area contributed by atoms with E-state index in [1.807, 2.05) is 7.05 Å². The minimum absolute atomic E-state index is 0.142. The summed E-state index contributed by atoms with van der Waals surface area (Å²) >= 11 is 6.06. The van der Waals surface area contributed by atoms with Crippen molar-refractivity contribution in [1.82, 2.24) is 14.5 Å². The van der Waals surface area contributed by atoms with Gasteiger partial charge in [0.1, 0.15) is 18.2 Å². The molecule has 3 heterocycles. The first-order chi connectivity index (χ1) is 14.3. The van der Waals surface area contributed by atoms with Crippen LogP contribution in [-0.2, 0) is 17.9 Å². The van der Waals surface area contributed by atoms with Crippen LogP contribution in [0, 0.1) is 0 Å². The Balaban J connectivity index is 1.68. The van der Waals surface area contributed by atoms with E-state index in [-0.39, 0.29) is 24.1 Å². The van der Waals surface area contributed by atoms with Crippen LogP contribution in [-0.4, -0.2) is 34.7 Å². The highest BCUT2D eigenvalue weighted by atomic mass is 35.5. The first kappa shape index (κ1) is 20.3. The summed E-state index contributed by atoms with van der Waals surface area (Å²) in [5.41, 5.74) is 1.41. The third kappa shape index (κ3) is 4.60. The van der Waals surface area contributed by atoms with Gasteiger partial charge in [0.15, 0.2) is 5.82 Å². The van der Waals surface area contributed by atoms with E-state index in [4.69, 9.17) is 21.1 Å². The molecule has 0 atom stereocenters. The van der Waals surface area contributed by atoms with Crippen LogP contribution in [0.3, 0.4) is 0 Å². The van der Waals surface area contributed by atoms with E-state index in [2.05, 4.69) is 14.7 Å². The predicted octanol–water partition coefficient (Wildman–Crippen LogP) is 4.59. The molecule has 0 N–H and O–H groups in total. The highest BCUT2D eigenvalue weighted by Gasteiger charge is 2.31. The number of benzene rings is 1. The lowest BCUT2D eigenvalue weighted by molar-refractivity contribution is -0.274. The van der Waals surface area contributed by atoms with Gasteiger partial charge in [-0.25, -0.2) is 0 Å². The van der Waals surface area contributed by atoms with Crippen LogP contribution in [0.25, 0.3) is 0 Å². The van der Waals surface area contributed by atoms with Crippen molar-refractivity contribution in [3.05, 3.63) is 59.0 Å². The third-order valence-corrected chi connectivity index (χ3v) is 4.48. The Morgan fingerprint density at radius 3 is 2.77 bits per heavy atom. The summed E-state index contributed by atoms with van der Waals surface area (Å²) in [5, 5.41) is 0.529. The molecule has 2 aromatic heterocycles. The van der Waals surface area contributed by atoms with Gasteiger partial charge in [-0.15, -0.1) is 13.2 Å². The number of halogens is 4. The van der Waals surface area contributed by atoms with E-state index in [0.717, 1.165) is 11.8 Å². The quantitative estimate of drug-likeness (QED) is 0.578. The average molecular weight is 441 g/mol. The second-order valence-electron chi connectivity index (χ2n) is 6.52. The van der Waals surface area contributed by atoms with Crippen molar-refractivity contribution in [2.45, 2.75) is 19.5 Å². The molecule has 1 aliphatic rings. The Kier molecular flexibility index (Phi) is 5.44. The molecule has 30 heavy (non-hydrogen) atoms. The minimum Gasteiger partial charge on any atom is -0.425 e. The maximum absolute atomic E-state index is 12.5. The second-order valence-corrected chi connectivity index (χ2v) is 6.95. The Morgan fingerprint density at radius 2 is 2.00 bits per heavy atom. The van der Waals surface area contributed by atoms with E-state index < -0.39 is 6.36 Å². The Labute approximate surface area is 174 Å². The summed E-state index contributed by atoms with van der Waals surface area (Å²) in [7, 11) is 1.81. The Hall–Kier alpha value is -2.98. The molecule has 0 spiro atoms. The fourth-order valence-corrected chi connectivity index (χ4v) is 3.20. The molecule has 4 rings (SSSR count). The summed E-state index contributed by atoms with van der Waals surface area (Å²) < 4.78 is 54.7. The fraction of sp³-hybridized carbons (Fsp3) is 0.263. The normalized spacial score (nSPS) is 13.8. The number of ether oxygens (including phenoxy) is 3. The zero-order valence-corrected chi connectivity index (χ0v) is 16.4. The van der Waals surface area contributed by atoms with Crippen LogP contribution >= 0.6 is 11.6 Å². The van der Waals surface area contributed by atoms with E-state index in [0.29, 0.717) is 29.9 Å². The summed E-state index contributed by atoms with van der Waals surface area (Å²) in [5.74, 6) is 0.406. The van der Waals surface area contributed by atoms with E-state index in [1.165, 1.54) is 18.2 Å². The van der Waals surface area contributed by atoms with Gasteiger partial charge in [0.05, 0.1) is 24.5 Å². The van der Waals surface area contributed by atoms with Gasteiger partial charge >= 0.3 is 12.4 Å².